The number of rotatable bonds is 13. The largest absolute Gasteiger partial charge is 0.507 e. The number of cyclic esters (lactones) is 1. The second-order valence-corrected chi connectivity index (χ2v) is 15.3. The van der Waals surface area contributed by atoms with Crippen molar-refractivity contribution in [1.82, 2.24) is 0 Å². The number of aryl methyl sites for hydroxylation is 2. The summed E-state index contributed by atoms with van der Waals surface area (Å²) in [5, 5.41) is 42.1. The number of hydrogen-bond donors (Lipinski definition) is 4. The van der Waals surface area contributed by atoms with Gasteiger partial charge in [-0.05, 0) is 114 Å². The van der Waals surface area contributed by atoms with Crippen LogP contribution in [0, 0.1) is 11.8 Å². The number of phenols is 3. The Morgan fingerprint density at radius 2 is 1.26 bits per heavy atom. The molecule has 1 heterocycles. The standard InChI is InChI=1S/C23H30O4.C22H30O4/c1-5-6-7-8-16-12-19(24)21(22-20(16)23(25)27-13-26-22)18-11-15(4)9-10-17(18)14(2)3;1-5-6-7-8-15-12-18(23)20(21(24)19(15)22(25)26)17-11-14(4)9-10-16(17)13(2)3/h11-12,17-18,24H,2,5-10,13H2,1,3-4H3;11-12,16-17,23-24H,2,5-10H2,1,3-4H3,(H,25,26)/t17-,18+;16-,17+/m00/s1. The van der Waals surface area contributed by atoms with Gasteiger partial charge in [-0.3, -0.25) is 0 Å². The second kappa shape index (κ2) is 18.5. The first-order valence-electron chi connectivity index (χ1n) is 19.4. The van der Waals surface area contributed by atoms with Crippen molar-refractivity contribution in [1.29, 1.82) is 0 Å². The average Bonchev–Trinajstić information content (AvgIpc) is 3.08. The van der Waals surface area contributed by atoms with Gasteiger partial charge < -0.3 is 29.9 Å². The quantitative estimate of drug-likeness (QED) is 0.0910. The highest BCUT2D eigenvalue weighted by molar-refractivity contribution is 5.96. The molecule has 0 amide bonds. The Morgan fingerprint density at radius 1 is 0.774 bits per heavy atom. The van der Waals surface area contributed by atoms with Crippen molar-refractivity contribution in [3.8, 4) is 23.0 Å². The van der Waals surface area contributed by atoms with Crippen LogP contribution in [0.5, 0.6) is 23.0 Å². The maximum absolute atomic E-state index is 12.5. The number of aromatic hydroxyl groups is 3. The molecule has 4 N–H and O–H groups in total. The van der Waals surface area contributed by atoms with Crippen molar-refractivity contribution in [2.75, 3.05) is 6.79 Å². The number of carbonyl (C=O) groups is 2. The Labute approximate surface area is 315 Å². The van der Waals surface area contributed by atoms with E-state index in [1.54, 1.807) is 6.07 Å². The van der Waals surface area contributed by atoms with Crippen molar-refractivity contribution >= 4 is 11.9 Å². The topological polar surface area (TPSA) is 134 Å². The van der Waals surface area contributed by atoms with Gasteiger partial charge in [0.15, 0.2) is 0 Å². The summed E-state index contributed by atoms with van der Waals surface area (Å²) >= 11 is 0. The number of carboxylic acids is 1. The molecule has 0 saturated heterocycles. The number of aromatic carboxylic acids is 1. The van der Waals surface area contributed by atoms with E-state index in [1.165, 1.54) is 17.2 Å². The van der Waals surface area contributed by atoms with Crippen molar-refractivity contribution in [3.05, 3.63) is 93.1 Å². The van der Waals surface area contributed by atoms with Crippen LogP contribution in [0.4, 0.5) is 0 Å². The summed E-state index contributed by atoms with van der Waals surface area (Å²) in [5.41, 5.74) is 7.26. The molecule has 8 nitrogen and oxygen atoms in total. The molecule has 0 spiro atoms. The molecule has 1 aliphatic heterocycles. The van der Waals surface area contributed by atoms with Gasteiger partial charge in [0.1, 0.15) is 34.1 Å². The summed E-state index contributed by atoms with van der Waals surface area (Å²) in [6.45, 7) is 20.4. The Morgan fingerprint density at radius 3 is 1.77 bits per heavy atom. The molecule has 0 fully saturated rings. The van der Waals surface area contributed by atoms with Gasteiger partial charge in [-0.1, -0.05) is 87.1 Å². The molecule has 0 aromatic heterocycles. The smallest absolute Gasteiger partial charge is 0.345 e. The van der Waals surface area contributed by atoms with E-state index < -0.39 is 5.97 Å². The van der Waals surface area contributed by atoms with E-state index in [0.717, 1.165) is 87.3 Å². The van der Waals surface area contributed by atoms with Gasteiger partial charge in [0.2, 0.25) is 6.79 Å². The third-order valence-corrected chi connectivity index (χ3v) is 11.1. The first kappa shape index (κ1) is 41.3. The summed E-state index contributed by atoms with van der Waals surface area (Å²) < 4.78 is 11.0. The number of phenolic OH excluding ortho intramolecular Hbond substituents is 2. The van der Waals surface area contributed by atoms with Crippen LogP contribution in [-0.4, -0.2) is 39.2 Å². The van der Waals surface area contributed by atoms with Crippen molar-refractivity contribution in [2.24, 2.45) is 11.8 Å². The predicted octanol–water partition coefficient (Wildman–Crippen LogP) is 11.2. The van der Waals surface area contributed by atoms with E-state index in [-0.39, 0.29) is 59.2 Å². The van der Waals surface area contributed by atoms with Gasteiger partial charge in [-0.2, -0.15) is 0 Å². The predicted molar refractivity (Wildman–Crippen MR) is 210 cm³/mol. The lowest BCUT2D eigenvalue weighted by molar-refractivity contribution is 0.00401. The Hall–Kier alpha value is -4.46. The maximum atomic E-state index is 12.5. The molecule has 53 heavy (non-hydrogen) atoms. The third kappa shape index (κ3) is 9.56. The molecule has 4 atom stereocenters. The van der Waals surface area contributed by atoms with E-state index >= 15 is 0 Å². The Bertz CT molecular complexity index is 1760. The minimum absolute atomic E-state index is 0.0267. The van der Waals surface area contributed by atoms with Gasteiger partial charge in [0, 0.05) is 23.0 Å². The van der Waals surface area contributed by atoms with Gasteiger partial charge in [0.25, 0.3) is 0 Å². The monoisotopic (exact) mass is 728 g/mol. The van der Waals surface area contributed by atoms with E-state index in [0.29, 0.717) is 34.4 Å². The molecular formula is C45H60O8. The van der Waals surface area contributed by atoms with E-state index in [4.69, 9.17) is 9.47 Å². The molecule has 0 radical (unpaired) electrons. The van der Waals surface area contributed by atoms with E-state index in [9.17, 15) is 30.0 Å². The van der Waals surface area contributed by atoms with Gasteiger partial charge in [0.05, 0.1) is 0 Å². The first-order chi connectivity index (χ1) is 25.2. The Kier molecular flexibility index (Phi) is 14.4. The molecule has 0 unspecified atom stereocenters. The van der Waals surface area contributed by atoms with Crippen LogP contribution in [-0.2, 0) is 17.6 Å². The van der Waals surface area contributed by atoms with Crippen LogP contribution >= 0.6 is 0 Å². The van der Waals surface area contributed by atoms with Crippen LogP contribution in [0.25, 0.3) is 0 Å². The summed E-state index contributed by atoms with van der Waals surface area (Å²) in [5.74, 6) is -1.14. The highest BCUT2D eigenvalue weighted by atomic mass is 16.7. The second-order valence-electron chi connectivity index (χ2n) is 15.3. The van der Waals surface area contributed by atoms with E-state index in [1.807, 2.05) is 26.8 Å². The number of fused-ring (bicyclic) bond motifs is 1. The first-order valence-corrected chi connectivity index (χ1v) is 19.4. The van der Waals surface area contributed by atoms with E-state index in [2.05, 4.69) is 40.0 Å². The molecule has 3 aliphatic rings. The zero-order chi connectivity index (χ0) is 39.0. The van der Waals surface area contributed by atoms with Crippen molar-refractivity contribution in [2.45, 2.75) is 130 Å². The molecule has 2 aromatic carbocycles. The van der Waals surface area contributed by atoms with Gasteiger partial charge in [-0.25, -0.2) is 9.59 Å². The molecule has 2 aromatic rings. The van der Waals surface area contributed by atoms with Crippen molar-refractivity contribution < 1.29 is 39.5 Å². The number of unbranched alkanes of at least 4 members (excludes halogenated alkanes) is 4. The normalized spacial score (nSPS) is 20.8. The molecule has 0 bridgehead atoms. The Balaban J connectivity index is 0.000000237. The van der Waals surface area contributed by atoms with Gasteiger partial charge in [-0.15, -0.1) is 0 Å². The SMILES string of the molecule is C=C(C)[C@@H]1CCC(C)=C[C@H]1c1c(O)cc(CCCCC)c(C(=O)O)c1O.C=C(C)[C@@H]1CCC(C)=C[C@H]1c1c(O)cc(CCCCC)c2c1OCOC2=O. The molecule has 2 aliphatic carbocycles. The number of benzene rings is 2. The zero-order valence-corrected chi connectivity index (χ0v) is 32.6. The van der Waals surface area contributed by atoms with Gasteiger partial charge >= 0.3 is 11.9 Å². The fourth-order valence-electron chi connectivity index (χ4n) is 8.25. The van der Waals surface area contributed by atoms with Crippen LogP contribution in [0.3, 0.4) is 0 Å². The average molecular weight is 729 g/mol. The highest BCUT2D eigenvalue weighted by Gasteiger charge is 2.36. The van der Waals surface area contributed by atoms with Crippen LogP contribution < -0.4 is 4.74 Å². The minimum atomic E-state index is -1.15. The lowest BCUT2D eigenvalue weighted by Crippen LogP contribution is -2.24. The summed E-state index contributed by atoms with van der Waals surface area (Å²) in [4.78, 5) is 24.4. The van der Waals surface area contributed by atoms with Crippen LogP contribution in [0.15, 0.2) is 59.7 Å². The fraction of sp³-hybridized carbons (Fsp3) is 0.511. The summed E-state index contributed by atoms with van der Waals surface area (Å²) in [6.07, 6.45) is 15.3. The molecule has 0 saturated carbocycles. The summed E-state index contributed by atoms with van der Waals surface area (Å²) in [7, 11) is 0. The number of esters is 1. The van der Waals surface area contributed by atoms with Crippen molar-refractivity contribution in [3.63, 3.8) is 0 Å². The molecular weight excluding hydrogens is 668 g/mol. The number of ether oxygens (including phenoxy) is 2. The third-order valence-electron chi connectivity index (χ3n) is 11.1. The fourth-order valence-corrected chi connectivity index (χ4v) is 8.25. The number of hydrogen-bond acceptors (Lipinski definition) is 7. The van der Waals surface area contributed by atoms with Crippen LogP contribution in [0.2, 0.25) is 0 Å². The molecule has 5 rings (SSSR count). The minimum Gasteiger partial charge on any atom is -0.507 e. The lowest BCUT2D eigenvalue weighted by Gasteiger charge is -2.33. The zero-order valence-electron chi connectivity index (χ0n) is 32.6. The lowest BCUT2D eigenvalue weighted by atomic mass is 9.73. The molecule has 8 heteroatoms. The highest BCUT2D eigenvalue weighted by Crippen LogP contribution is 2.50. The number of carbonyl (C=O) groups excluding carboxylic acids is 1. The molecule has 288 valence electrons. The van der Waals surface area contributed by atoms with Crippen LogP contribution in [0.1, 0.15) is 161 Å². The maximum Gasteiger partial charge on any atom is 0.345 e. The number of carboxylic acid groups (broad SMARTS) is 1. The summed E-state index contributed by atoms with van der Waals surface area (Å²) in [6, 6.07) is 3.27. The number of allylic oxidation sites excluding steroid dienone is 6.